The Morgan fingerprint density at radius 3 is 2.11 bits per heavy atom. The van der Waals surface area contributed by atoms with Crippen LogP contribution in [0.1, 0.15) is 0 Å². The number of ether oxygens (including phenoxy) is 2. The van der Waals surface area contributed by atoms with Crippen molar-refractivity contribution in [2.75, 3.05) is 44.1 Å². The molecular formula is C12H18N2O5. The van der Waals surface area contributed by atoms with Gasteiger partial charge in [-0.25, -0.2) is 0 Å². The standard InChI is InChI=1S/C12H18N2O5/c13-8-3-10-11(19-2-1-18-10)4-9(8)14-12(5-15,6-16)7-17/h3-4,14-17H,1-2,5-7,13H2. The molecule has 0 bridgehead atoms. The normalized spacial score (nSPS) is 14.3. The summed E-state index contributed by atoms with van der Waals surface area (Å²) >= 11 is 0. The number of nitrogen functional groups attached to an aromatic ring is 1. The van der Waals surface area contributed by atoms with E-state index in [2.05, 4.69) is 5.32 Å². The lowest BCUT2D eigenvalue weighted by atomic mass is 10.0. The number of aliphatic hydroxyl groups excluding tert-OH is 3. The van der Waals surface area contributed by atoms with Crippen LogP contribution < -0.4 is 20.5 Å². The molecule has 19 heavy (non-hydrogen) atoms. The predicted octanol–water partition coefficient (Wildman–Crippen LogP) is -0.832. The third-order valence-electron chi connectivity index (χ3n) is 3.02. The maximum Gasteiger partial charge on any atom is 0.163 e. The van der Waals surface area contributed by atoms with Crippen LogP contribution in [0.5, 0.6) is 11.5 Å². The van der Waals surface area contributed by atoms with Crippen molar-refractivity contribution in [3.8, 4) is 11.5 Å². The van der Waals surface area contributed by atoms with Gasteiger partial charge in [-0.05, 0) is 0 Å². The molecule has 1 aromatic carbocycles. The highest BCUT2D eigenvalue weighted by atomic mass is 16.6. The molecule has 0 aromatic heterocycles. The van der Waals surface area contributed by atoms with Crippen molar-refractivity contribution < 1.29 is 24.8 Å². The lowest BCUT2D eigenvalue weighted by Gasteiger charge is -2.31. The number of nitrogens with two attached hydrogens (primary N) is 1. The molecular weight excluding hydrogens is 252 g/mol. The van der Waals surface area contributed by atoms with Crippen molar-refractivity contribution in [2.45, 2.75) is 5.54 Å². The van der Waals surface area contributed by atoms with Crippen LogP contribution >= 0.6 is 0 Å². The van der Waals surface area contributed by atoms with Crippen LogP contribution in [0.3, 0.4) is 0 Å². The molecule has 0 fully saturated rings. The molecule has 0 spiro atoms. The fourth-order valence-electron chi connectivity index (χ4n) is 1.77. The average molecular weight is 270 g/mol. The summed E-state index contributed by atoms with van der Waals surface area (Å²) in [4.78, 5) is 0. The Bertz CT molecular complexity index is 440. The number of nitrogens with one attached hydrogen (secondary N) is 1. The highest BCUT2D eigenvalue weighted by Crippen LogP contribution is 2.37. The average Bonchev–Trinajstić information content (AvgIpc) is 2.45. The predicted molar refractivity (Wildman–Crippen MR) is 69.5 cm³/mol. The van der Waals surface area contributed by atoms with Crippen molar-refractivity contribution in [1.82, 2.24) is 0 Å². The molecule has 1 aliphatic rings. The third kappa shape index (κ3) is 2.67. The van der Waals surface area contributed by atoms with Crippen molar-refractivity contribution in [2.24, 2.45) is 0 Å². The van der Waals surface area contributed by atoms with E-state index in [-0.39, 0.29) is 0 Å². The maximum absolute atomic E-state index is 9.29. The van der Waals surface area contributed by atoms with Gasteiger partial charge in [-0.1, -0.05) is 0 Å². The number of fused-ring (bicyclic) bond motifs is 1. The number of benzene rings is 1. The Hall–Kier alpha value is -1.70. The number of anilines is 2. The summed E-state index contributed by atoms with van der Waals surface area (Å²) in [6.07, 6.45) is 0. The first-order valence-electron chi connectivity index (χ1n) is 5.94. The summed E-state index contributed by atoms with van der Waals surface area (Å²) < 4.78 is 10.8. The zero-order valence-corrected chi connectivity index (χ0v) is 10.4. The van der Waals surface area contributed by atoms with Crippen LogP contribution in [0.2, 0.25) is 0 Å². The Balaban J connectivity index is 2.29. The lowest BCUT2D eigenvalue weighted by Crippen LogP contribution is -2.49. The minimum atomic E-state index is -1.24. The molecule has 1 aromatic rings. The molecule has 7 nitrogen and oxygen atoms in total. The molecule has 6 N–H and O–H groups in total. The second kappa shape index (κ2) is 5.52. The molecule has 2 rings (SSSR count). The fourth-order valence-corrected chi connectivity index (χ4v) is 1.77. The zero-order chi connectivity index (χ0) is 13.9. The van der Waals surface area contributed by atoms with Crippen molar-refractivity contribution in [1.29, 1.82) is 0 Å². The van der Waals surface area contributed by atoms with Crippen LogP contribution in [0.25, 0.3) is 0 Å². The van der Waals surface area contributed by atoms with Crippen molar-refractivity contribution in [3.63, 3.8) is 0 Å². The second-order valence-electron chi connectivity index (χ2n) is 4.46. The Labute approximate surface area is 110 Å². The molecule has 0 amide bonds. The smallest absolute Gasteiger partial charge is 0.163 e. The van der Waals surface area contributed by atoms with Crippen LogP contribution in [0, 0.1) is 0 Å². The molecule has 106 valence electrons. The Kier molecular flexibility index (Phi) is 3.98. The monoisotopic (exact) mass is 270 g/mol. The topological polar surface area (TPSA) is 117 Å². The lowest BCUT2D eigenvalue weighted by molar-refractivity contribution is 0.0833. The number of aliphatic hydroxyl groups is 3. The van der Waals surface area contributed by atoms with Gasteiger partial charge in [-0.15, -0.1) is 0 Å². The van der Waals surface area contributed by atoms with Gasteiger partial charge in [0.05, 0.1) is 31.2 Å². The van der Waals surface area contributed by atoms with Gasteiger partial charge in [0.1, 0.15) is 18.8 Å². The molecule has 0 saturated heterocycles. The summed E-state index contributed by atoms with van der Waals surface area (Å²) in [7, 11) is 0. The SMILES string of the molecule is Nc1cc2c(cc1NC(CO)(CO)CO)OCCO2. The van der Waals surface area contributed by atoms with E-state index in [0.29, 0.717) is 36.1 Å². The van der Waals surface area contributed by atoms with E-state index in [1.165, 1.54) is 0 Å². The number of rotatable bonds is 5. The number of hydrogen-bond acceptors (Lipinski definition) is 7. The maximum atomic E-state index is 9.29. The quantitative estimate of drug-likeness (QED) is 0.443. The van der Waals surface area contributed by atoms with E-state index in [9.17, 15) is 15.3 Å². The highest BCUT2D eigenvalue weighted by molar-refractivity contribution is 5.73. The van der Waals surface area contributed by atoms with Gasteiger partial charge < -0.3 is 35.8 Å². The third-order valence-corrected chi connectivity index (χ3v) is 3.02. The molecule has 0 saturated carbocycles. The fraction of sp³-hybridized carbons (Fsp3) is 0.500. The summed E-state index contributed by atoms with van der Waals surface area (Å²) in [5, 5.41) is 30.7. The zero-order valence-electron chi connectivity index (χ0n) is 10.4. The van der Waals surface area contributed by atoms with E-state index < -0.39 is 25.4 Å². The van der Waals surface area contributed by atoms with Gasteiger partial charge in [0, 0.05) is 12.1 Å². The Morgan fingerprint density at radius 2 is 1.58 bits per heavy atom. The molecule has 1 aliphatic heterocycles. The first-order valence-corrected chi connectivity index (χ1v) is 5.94. The van der Waals surface area contributed by atoms with Crippen LogP contribution in [-0.4, -0.2) is 53.9 Å². The molecule has 0 unspecified atom stereocenters. The number of hydrogen-bond donors (Lipinski definition) is 5. The minimum absolute atomic E-state index is 0.379. The molecule has 0 atom stereocenters. The van der Waals surface area contributed by atoms with Crippen molar-refractivity contribution >= 4 is 11.4 Å². The minimum Gasteiger partial charge on any atom is -0.486 e. The van der Waals surface area contributed by atoms with Crippen molar-refractivity contribution in [3.05, 3.63) is 12.1 Å². The van der Waals surface area contributed by atoms with Gasteiger partial charge >= 0.3 is 0 Å². The van der Waals surface area contributed by atoms with Gasteiger partial charge in [-0.2, -0.15) is 0 Å². The van der Waals surface area contributed by atoms with Gasteiger partial charge in [-0.3, -0.25) is 0 Å². The second-order valence-corrected chi connectivity index (χ2v) is 4.46. The van der Waals surface area contributed by atoms with Crippen LogP contribution in [0.15, 0.2) is 12.1 Å². The molecule has 0 aliphatic carbocycles. The van der Waals surface area contributed by atoms with Gasteiger partial charge in [0.25, 0.3) is 0 Å². The van der Waals surface area contributed by atoms with E-state index in [1.807, 2.05) is 0 Å². The summed E-state index contributed by atoms with van der Waals surface area (Å²) in [5.74, 6) is 1.09. The summed E-state index contributed by atoms with van der Waals surface area (Å²) in [6.45, 7) is -0.399. The van der Waals surface area contributed by atoms with Gasteiger partial charge in [0.15, 0.2) is 11.5 Å². The summed E-state index contributed by atoms with van der Waals surface area (Å²) in [6, 6.07) is 3.23. The van der Waals surface area contributed by atoms with Crippen LogP contribution in [-0.2, 0) is 0 Å². The summed E-state index contributed by atoms with van der Waals surface area (Å²) in [5.41, 5.74) is 5.47. The Morgan fingerprint density at radius 1 is 1.05 bits per heavy atom. The van der Waals surface area contributed by atoms with Crippen LogP contribution in [0.4, 0.5) is 11.4 Å². The largest absolute Gasteiger partial charge is 0.486 e. The van der Waals surface area contributed by atoms with E-state index in [0.717, 1.165) is 0 Å². The molecule has 0 radical (unpaired) electrons. The van der Waals surface area contributed by atoms with E-state index >= 15 is 0 Å². The van der Waals surface area contributed by atoms with Gasteiger partial charge in [0.2, 0.25) is 0 Å². The first-order chi connectivity index (χ1) is 9.14. The highest BCUT2D eigenvalue weighted by Gasteiger charge is 2.29. The van der Waals surface area contributed by atoms with E-state index in [1.54, 1.807) is 12.1 Å². The molecule has 7 heteroatoms. The first kappa shape index (κ1) is 13.7. The van der Waals surface area contributed by atoms with E-state index in [4.69, 9.17) is 15.2 Å². The molecule has 1 heterocycles.